The van der Waals surface area contributed by atoms with E-state index in [9.17, 15) is 0 Å². The third-order valence-corrected chi connectivity index (χ3v) is 17.4. The molecule has 0 saturated carbocycles. The summed E-state index contributed by atoms with van der Waals surface area (Å²) in [7, 11) is 0. The lowest BCUT2D eigenvalue weighted by Crippen LogP contribution is -2.00. The van der Waals surface area contributed by atoms with Gasteiger partial charge in [0.2, 0.25) is 0 Å². The predicted molar refractivity (Wildman–Crippen MR) is 373 cm³/mol. The molecule has 0 heterocycles. The molecule has 0 radical (unpaired) electrons. The zero-order valence-corrected chi connectivity index (χ0v) is 59.4. The molecule has 0 aliphatic heterocycles. The van der Waals surface area contributed by atoms with Crippen LogP contribution in [0.1, 0.15) is 177 Å². The van der Waals surface area contributed by atoms with Crippen molar-refractivity contribution in [2.24, 2.45) is 17.8 Å². The van der Waals surface area contributed by atoms with Crippen LogP contribution >= 0.6 is 95.6 Å². The first-order valence-electron chi connectivity index (χ1n) is 29.0. The van der Waals surface area contributed by atoms with Gasteiger partial charge in [0, 0.05) is 44.3 Å². The number of alkyl halides is 6. The number of hydrogen-bond acceptors (Lipinski definition) is 6. The van der Waals surface area contributed by atoms with E-state index in [1.807, 2.05) is 19.1 Å². The van der Waals surface area contributed by atoms with Crippen molar-refractivity contribution in [1.82, 2.24) is 0 Å². The van der Waals surface area contributed by atoms with Gasteiger partial charge in [0.05, 0.1) is 60.1 Å². The van der Waals surface area contributed by atoms with Crippen molar-refractivity contribution in [1.29, 1.82) is 31.6 Å². The lowest BCUT2D eigenvalue weighted by Gasteiger charge is -2.08. The van der Waals surface area contributed by atoms with Crippen molar-refractivity contribution in [3.63, 3.8) is 0 Å². The van der Waals surface area contributed by atoms with Crippen molar-refractivity contribution in [2.45, 2.75) is 168 Å². The second-order valence-electron chi connectivity index (χ2n) is 20.3. The number of rotatable bonds is 25. The Labute approximate surface area is 556 Å². The van der Waals surface area contributed by atoms with Gasteiger partial charge < -0.3 is 0 Å². The maximum absolute atomic E-state index is 9.01. The van der Waals surface area contributed by atoms with Crippen LogP contribution in [0.25, 0.3) is 0 Å². The van der Waals surface area contributed by atoms with Gasteiger partial charge in [-0.05, 0) is 144 Å². The van der Waals surface area contributed by atoms with E-state index in [1.165, 1.54) is 55.6 Å². The number of nitrogens with zero attached hydrogens (tertiary/aromatic N) is 6. The summed E-state index contributed by atoms with van der Waals surface area (Å²) >= 11 is 20.5. The number of benzene rings is 6. The molecule has 0 bridgehead atoms. The number of aryl methyl sites for hydroxylation is 2. The topological polar surface area (TPSA) is 143 Å². The van der Waals surface area contributed by atoms with Crippen molar-refractivity contribution < 1.29 is 0 Å². The second-order valence-corrected chi connectivity index (χ2v) is 23.7. The summed E-state index contributed by atoms with van der Waals surface area (Å²) in [6.45, 7) is 10.3. The minimum Gasteiger partial charge on any atom is -0.198 e. The van der Waals surface area contributed by atoms with E-state index in [2.05, 4.69) is 293 Å². The third-order valence-electron chi connectivity index (χ3n) is 13.5. The van der Waals surface area contributed by atoms with Crippen LogP contribution in [0.2, 0.25) is 0 Å². The Morgan fingerprint density at radius 1 is 0.357 bits per heavy atom. The molecule has 0 aliphatic carbocycles. The lowest BCUT2D eigenvalue weighted by atomic mass is 9.95. The highest BCUT2D eigenvalue weighted by atomic mass is 79.9. The van der Waals surface area contributed by atoms with Gasteiger partial charge in [0.1, 0.15) is 0 Å². The molecule has 5 atom stereocenters. The van der Waals surface area contributed by atoms with Crippen molar-refractivity contribution in [3.05, 3.63) is 212 Å². The Balaban J connectivity index is 0.000000504. The Kier molecular flexibility index (Phi) is 46.2. The van der Waals surface area contributed by atoms with Crippen LogP contribution in [-0.4, -0.2) is 0 Å². The highest BCUT2D eigenvalue weighted by molar-refractivity contribution is 9.09. The summed E-state index contributed by atoms with van der Waals surface area (Å²) in [4.78, 5) is 0. The average molecular weight is 1510 g/mol. The molecule has 6 aromatic rings. The normalized spacial score (nSPS) is 11.7. The van der Waals surface area contributed by atoms with Crippen LogP contribution in [0.15, 0.2) is 146 Å². The minimum atomic E-state index is 0.0546. The zero-order valence-electron chi connectivity index (χ0n) is 49.8. The van der Waals surface area contributed by atoms with E-state index >= 15 is 0 Å². The number of hydrogen-bond donors (Lipinski definition) is 0. The van der Waals surface area contributed by atoms with Gasteiger partial charge in [-0.25, -0.2) is 0 Å². The molecule has 12 heteroatoms. The van der Waals surface area contributed by atoms with Crippen LogP contribution < -0.4 is 0 Å². The monoisotopic (exact) mass is 1510 g/mol. The summed E-state index contributed by atoms with van der Waals surface area (Å²) in [5.74, 6) is 0.580. The molecule has 0 amide bonds. The fourth-order valence-corrected chi connectivity index (χ4v) is 10.5. The van der Waals surface area contributed by atoms with Crippen molar-refractivity contribution in [2.75, 3.05) is 0 Å². The molecule has 6 nitrogen and oxygen atoms in total. The van der Waals surface area contributed by atoms with E-state index < -0.39 is 0 Å². The van der Waals surface area contributed by atoms with Gasteiger partial charge in [0.15, 0.2) is 0 Å². The van der Waals surface area contributed by atoms with E-state index in [0.29, 0.717) is 6.42 Å². The second kappa shape index (κ2) is 50.3. The Bertz CT molecular complexity index is 2960. The van der Waals surface area contributed by atoms with Crippen molar-refractivity contribution in [3.8, 4) is 36.4 Å². The predicted octanol–water partition coefficient (Wildman–Crippen LogP) is 22.8. The van der Waals surface area contributed by atoms with Crippen LogP contribution in [0.3, 0.4) is 0 Å². The van der Waals surface area contributed by atoms with E-state index in [-0.39, 0.29) is 29.6 Å². The summed E-state index contributed by atoms with van der Waals surface area (Å²) in [5.41, 5.74) is 15.2. The molecular weight excluding hydrogens is 1430 g/mol. The molecule has 0 aliphatic rings. The van der Waals surface area contributed by atoms with Crippen LogP contribution in [0.4, 0.5) is 0 Å². The maximum Gasteiger partial charge on any atom is 0.0712 e. The molecular formula is C72H84Br6N6. The first kappa shape index (κ1) is 77.2. The number of nitriles is 6. The number of unbranched alkanes of at least 4 members (excludes halogenated alkanes) is 2. The SMILES string of the molecule is CC(C#N)CCc1cccc(CBr)c1.CCC(C#N)Cc1ccc(CBr)cc1.CCC(C#N)Cc1cccc(CBr)c1.CCCC(C#N)c1ccc(CBr)cc1.CCCC(C#N)c1cccc(CBr)c1.N#CCCCCc1cccc(CBr)c1. The summed E-state index contributed by atoms with van der Waals surface area (Å²) in [6.07, 6.45) is 13.4. The van der Waals surface area contributed by atoms with E-state index in [0.717, 1.165) is 127 Å². The van der Waals surface area contributed by atoms with Crippen LogP contribution in [0.5, 0.6) is 0 Å². The molecule has 0 spiro atoms. The molecule has 444 valence electrons. The van der Waals surface area contributed by atoms with Gasteiger partial charge in [-0.1, -0.05) is 282 Å². The molecule has 0 fully saturated rings. The summed E-state index contributed by atoms with van der Waals surface area (Å²) in [5, 5.41) is 58.0. The van der Waals surface area contributed by atoms with Crippen molar-refractivity contribution >= 4 is 95.6 Å². The quantitative estimate of drug-likeness (QED) is 0.0412. The van der Waals surface area contributed by atoms with E-state index in [4.69, 9.17) is 31.6 Å². The fraction of sp³-hybridized carbons (Fsp3) is 0.417. The molecule has 6 rings (SSSR count). The molecule has 84 heavy (non-hydrogen) atoms. The highest BCUT2D eigenvalue weighted by Crippen LogP contribution is 2.24. The smallest absolute Gasteiger partial charge is 0.0712 e. The van der Waals surface area contributed by atoms with E-state index in [1.54, 1.807) is 0 Å². The van der Waals surface area contributed by atoms with Gasteiger partial charge in [0.25, 0.3) is 0 Å². The molecule has 6 aromatic carbocycles. The Hall–Kier alpha value is -4.86. The standard InChI is InChI=1S/6C12H14BrN/c1-10(9-14)5-6-11-3-2-4-12(7-11)8-13;1-2-10(9-14)7-11-3-5-12(8-13)6-4-11;1-2-10(9-14)6-11-4-3-5-12(7-11)8-13;1-2-4-12(9-14)11-6-3-5-10(7-11)8-13;1-2-3-12(9-14)11-6-4-10(8-13)5-7-11;13-10-12-7-4-6-11(9-12)5-2-1-3-8-14/h2-4,7,10H,5-6,8H2,1H3;3-6,10H,2,7-8H2,1H3;3-5,7,10H,2,6,8H2,1H3;3,5-7,12H,2,4,8H2,1H3;4-7,12H,2-3,8H2,1H3;4,6-7,9H,1-3,5,10H2. The minimum absolute atomic E-state index is 0.0546. The third kappa shape index (κ3) is 34.3. The first-order valence-corrected chi connectivity index (χ1v) is 35.8. The highest BCUT2D eigenvalue weighted by Gasteiger charge is 2.11. The van der Waals surface area contributed by atoms with Crippen LogP contribution in [-0.2, 0) is 57.7 Å². The maximum atomic E-state index is 9.01. The first-order chi connectivity index (χ1) is 40.8. The lowest BCUT2D eigenvalue weighted by molar-refractivity contribution is 0.638. The van der Waals surface area contributed by atoms with Crippen LogP contribution in [0, 0.1) is 85.7 Å². The van der Waals surface area contributed by atoms with Gasteiger partial charge in [-0.3, -0.25) is 0 Å². The Morgan fingerprint density at radius 3 is 1.15 bits per heavy atom. The fourth-order valence-electron chi connectivity index (χ4n) is 8.37. The molecule has 0 saturated heterocycles. The Morgan fingerprint density at radius 2 is 0.738 bits per heavy atom. The average Bonchev–Trinajstić information content (AvgIpc) is 3.64. The van der Waals surface area contributed by atoms with Gasteiger partial charge in [-0.2, -0.15) is 31.6 Å². The zero-order chi connectivity index (χ0) is 62.2. The molecule has 0 N–H and O–H groups in total. The number of halogens is 6. The largest absolute Gasteiger partial charge is 0.198 e. The van der Waals surface area contributed by atoms with Gasteiger partial charge in [-0.15, -0.1) is 0 Å². The summed E-state index contributed by atoms with van der Waals surface area (Å²) in [6, 6.07) is 64.2. The molecule has 0 aromatic heterocycles. The summed E-state index contributed by atoms with van der Waals surface area (Å²) < 4.78 is 0. The molecule has 5 unspecified atom stereocenters. The van der Waals surface area contributed by atoms with Gasteiger partial charge >= 0.3 is 0 Å².